The second kappa shape index (κ2) is 14.7. The number of hydrogen-bond donors (Lipinski definition) is 1. The molecular weight excluding hydrogens is 627 g/mol. The van der Waals surface area contributed by atoms with Crippen LogP contribution in [0.4, 0.5) is 4.79 Å². The van der Waals surface area contributed by atoms with Crippen LogP contribution in [-0.2, 0) is 25.6 Å². The summed E-state index contributed by atoms with van der Waals surface area (Å²) in [7, 11) is 3.98. The van der Waals surface area contributed by atoms with E-state index in [1.807, 2.05) is 74.8 Å². The molecule has 1 N–H and O–H groups in total. The maximum atomic E-state index is 14.2. The quantitative estimate of drug-likeness (QED) is 0.170. The van der Waals surface area contributed by atoms with Crippen LogP contribution in [0.2, 0.25) is 0 Å². The first-order chi connectivity index (χ1) is 22.0. The van der Waals surface area contributed by atoms with Gasteiger partial charge in [0.05, 0.1) is 6.54 Å². The van der Waals surface area contributed by atoms with E-state index in [1.165, 1.54) is 28.4 Å². The van der Waals surface area contributed by atoms with Crippen molar-refractivity contribution in [2.75, 3.05) is 32.1 Å². The molecule has 3 heterocycles. The van der Waals surface area contributed by atoms with Gasteiger partial charge in [0, 0.05) is 18.1 Å². The van der Waals surface area contributed by atoms with E-state index >= 15 is 0 Å². The number of alkyl carbamates (subject to hydrolysis) is 1. The van der Waals surface area contributed by atoms with Gasteiger partial charge in [-0.15, -0.1) is 16.9 Å². The topological polar surface area (TPSA) is 132 Å². The Labute approximate surface area is 277 Å². The van der Waals surface area contributed by atoms with Crippen molar-refractivity contribution in [2.45, 2.75) is 62.0 Å². The van der Waals surface area contributed by atoms with Crippen LogP contribution < -0.4 is 5.32 Å². The standard InChI is InChI=1S/C32H39N7O5S2/c1-32(2,3)44-31(42)33-24-27(40)39-25(29(41)43-26(21-12-8-6-9-13-21)22-14-10-7-11-15-22)23(20-46-28(24)39)16-19-45-30-34-35-36-38(30)18-17-37(4)5/h6-15,24,26,28H,16-20H2,1-5H3,(H,33,42)/t24-,28-/m1/s1. The molecule has 12 nitrogen and oxygen atoms in total. The minimum Gasteiger partial charge on any atom is -0.448 e. The lowest BCUT2D eigenvalue weighted by Crippen LogP contribution is -2.70. The largest absolute Gasteiger partial charge is 0.448 e. The molecule has 2 aliphatic rings. The molecule has 1 aromatic heterocycles. The smallest absolute Gasteiger partial charge is 0.408 e. The normalized spacial score (nSPS) is 18.0. The zero-order chi connectivity index (χ0) is 32.8. The van der Waals surface area contributed by atoms with Gasteiger partial charge < -0.3 is 19.7 Å². The second-order valence-corrected chi connectivity index (χ2v) is 14.3. The van der Waals surface area contributed by atoms with Gasteiger partial charge in [0.1, 0.15) is 22.7 Å². The highest BCUT2D eigenvalue weighted by Gasteiger charge is 2.55. The zero-order valence-corrected chi connectivity index (χ0v) is 28.2. The molecular formula is C32H39N7O5S2. The van der Waals surface area contributed by atoms with Gasteiger partial charge in [-0.1, -0.05) is 72.4 Å². The molecule has 1 fully saturated rings. The maximum Gasteiger partial charge on any atom is 0.408 e. The molecule has 1 saturated heterocycles. The lowest BCUT2D eigenvalue weighted by Gasteiger charge is -2.49. The highest BCUT2D eigenvalue weighted by Crippen LogP contribution is 2.43. The fourth-order valence-corrected chi connectivity index (χ4v) is 7.34. The number of β-lactam (4-membered cyclic amide) rings is 1. The van der Waals surface area contributed by atoms with Gasteiger partial charge in [-0.3, -0.25) is 9.69 Å². The first-order valence-corrected chi connectivity index (χ1v) is 17.1. The summed E-state index contributed by atoms with van der Waals surface area (Å²) < 4.78 is 13.4. The minimum absolute atomic E-state index is 0.223. The van der Waals surface area contributed by atoms with Crippen molar-refractivity contribution in [3.05, 3.63) is 83.1 Å². The lowest BCUT2D eigenvalue weighted by atomic mass is 10.00. The van der Waals surface area contributed by atoms with Crippen LogP contribution in [0, 0.1) is 0 Å². The highest BCUT2D eigenvalue weighted by atomic mass is 32.2. The molecule has 0 spiro atoms. The van der Waals surface area contributed by atoms with Gasteiger partial charge >= 0.3 is 12.1 Å². The molecule has 0 aliphatic carbocycles. The zero-order valence-electron chi connectivity index (χ0n) is 26.6. The van der Waals surface area contributed by atoms with Crippen molar-refractivity contribution in [3.63, 3.8) is 0 Å². The Morgan fingerprint density at radius 2 is 1.74 bits per heavy atom. The molecule has 5 rings (SSSR count). The summed E-state index contributed by atoms with van der Waals surface area (Å²) in [6.07, 6.45) is -0.856. The van der Waals surface area contributed by atoms with E-state index in [1.54, 1.807) is 25.5 Å². The SMILES string of the molecule is CN(C)CCn1nnnc1SCCC1=C(C(=O)OC(c2ccccc2)c2ccccc2)N2C(=O)[C@@H](NC(=O)OC(C)(C)C)[C@H]2SC1. The van der Waals surface area contributed by atoms with Gasteiger partial charge in [-0.05, 0) is 68.4 Å². The molecule has 0 saturated carbocycles. The Bertz CT molecular complexity index is 1520. The number of benzene rings is 2. The third kappa shape index (κ3) is 8.09. The number of rotatable bonds is 12. The Kier molecular flexibility index (Phi) is 10.7. The fourth-order valence-electron chi connectivity index (χ4n) is 5.05. The third-order valence-electron chi connectivity index (χ3n) is 7.24. The predicted molar refractivity (Wildman–Crippen MR) is 176 cm³/mol. The van der Waals surface area contributed by atoms with Gasteiger partial charge in [0.25, 0.3) is 5.91 Å². The molecule has 2 aromatic carbocycles. The van der Waals surface area contributed by atoms with E-state index in [9.17, 15) is 14.4 Å². The fraction of sp³-hybridized carbons (Fsp3) is 0.438. The van der Waals surface area contributed by atoms with Crippen LogP contribution in [0.3, 0.4) is 0 Å². The average molecular weight is 666 g/mol. The van der Waals surface area contributed by atoms with E-state index in [0.29, 0.717) is 29.6 Å². The highest BCUT2D eigenvalue weighted by molar-refractivity contribution is 8.00. The number of carbonyl (C=O) groups is 3. The van der Waals surface area contributed by atoms with Crippen LogP contribution in [0.1, 0.15) is 44.4 Å². The number of nitrogens with zero attached hydrogens (tertiary/aromatic N) is 6. The maximum absolute atomic E-state index is 14.2. The van der Waals surface area contributed by atoms with Crippen LogP contribution in [0.15, 0.2) is 77.1 Å². The van der Waals surface area contributed by atoms with Crippen molar-refractivity contribution in [2.24, 2.45) is 0 Å². The number of amides is 2. The lowest BCUT2D eigenvalue weighted by molar-refractivity contribution is -0.153. The average Bonchev–Trinajstić information content (AvgIpc) is 3.48. The van der Waals surface area contributed by atoms with Gasteiger partial charge in [-0.25, -0.2) is 14.3 Å². The van der Waals surface area contributed by atoms with Crippen molar-refractivity contribution in [1.82, 2.24) is 35.3 Å². The molecule has 2 amide bonds. The molecule has 14 heteroatoms. The van der Waals surface area contributed by atoms with Gasteiger partial charge in [0.15, 0.2) is 6.10 Å². The molecule has 2 aliphatic heterocycles. The number of carbonyl (C=O) groups excluding carboxylic acids is 3. The first-order valence-electron chi connectivity index (χ1n) is 15.0. The molecule has 0 unspecified atom stereocenters. The molecule has 46 heavy (non-hydrogen) atoms. The number of esters is 1. The van der Waals surface area contributed by atoms with Crippen molar-refractivity contribution < 1.29 is 23.9 Å². The van der Waals surface area contributed by atoms with Crippen LogP contribution >= 0.6 is 23.5 Å². The van der Waals surface area contributed by atoms with E-state index in [-0.39, 0.29) is 11.6 Å². The number of thioether (sulfide) groups is 2. The van der Waals surface area contributed by atoms with E-state index in [2.05, 4.69) is 25.7 Å². The molecule has 3 aromatic rings. The first kappa shape index (κ1) is 33.5. The number of tetrazole rings is 1. The summed E-state index contributed by atoms with van der Waals surface area (Å²) in [6.45, 7) is 6.71. The Hall–Kier alpha value is -3.88. The number of aromatic nitrogens is 4. The summed E-state index contributed by atoms with van der Waals surface area (Å²) in [5, 5.41) is 15.0. The van der Waals surface area contributed by atoms with Crippen molar-refractivity contribution >= 4 is 41.5 Å². The molecule has 2 atom stereocenters. The number of hydrogen-bond acceptors (Lipinski definition) is 11. The Morgan fingerprint density at radius 3 is 2.35 bits per heavy atom. The van der Waals surface area contributed by atoms with E-state index < -0.39 is 35.2 Å². The second-order valence-electron chi connectivity index (χ2n) is 12.2. The number of fused-ring (bicyclic) bond motifs is 1. The van der Waals surface area contributed by atoms with E-state index in [4.69, 9.17) is 9.47 Å². The van der Waals surface area contributed by atoms with Crippen LogP contribution in [0.25, 0.3) is 0 Å². The summed E-state index contributed by atoms with van der Waals surface area (Å²) in [5.74, 6) is 0.0904. The van der Waals surface area contributed by atoms with Gasteiger partial charge in [0.2, 0.25) is 5.16 Å². The monoisotopic (exact) mass is 665 g/mol. The Balaban J connectivity index is 1.39. The predicted octanol–water partition coefficient (Wildman–Crippen LogP) is 4.11. The number of likely N-dealkylation sites (N-methyl/N-ethyl adjacent to an activating group) is 1. The third-order valence-corrected chi connectivity index (χ3v) is 9.53. The summed E-state index contributed by atoms with van der Waals surface area (Å²) >= 11 is 2.99. The minimum atomic E-state index is -0.820. The molecule has 0 bridgehead atoms. The van der Waals surface area contributed by atoms with Crippen LogP contribution in [-0.4, -0.2) is 97.1 Å². The van der Waals surface area contributed by atoms with Crippen molar-refractivity contribution in [3.8, 4) is 0 Å². The molecule has 0 radical (unpaired) electrons. The van der Waals surface area contributed by atoms with E-state index in [0.717, 1.165) is 23.2 Å². The summed E-state index contributed by atoms with van der Waals surface area (Å²) in [4.78, 5) is 43.8. The summed E-state index contributed by atoms with van der Waals surface area (Å²) in [6, 6.07) is 18.2. The molecule has 244 valence electrons. The number of nitrogens with one attached hydrogen (secondary N) is 1. The van der Waals surface area contributed by atoms with Gasteiger partial charge in [-0.2, -0.15) is 0 Å². The van der Waals surface area contributed by atoms with Crippen molar-refractivity contribution in [1.29, 1.82) is 0 Å². The van der Waals surface area contributed by atoms with Crippen LogP contribution in [0.5, 0.6) is 0 Å². The Morgan fingerprint density at radius 1 is 1.09 bits per heavy atom. The summed E-state index contributed by atoms with van der Waals surface area (Å²) in [5.41, 5.74) is 1.91. The number of ether oxygens (including phenoxy) is 2.